The summed E-state index contributed by atoms with van der Waals surface area (Å²) in [7, 11) is 0. The number of aliphatic hydroxyl groups excluding tert-OH is 1. The Morgan fingerprint density at radius 3 is 2.92 bits per heavy atom. The summed E-state index contributed by atoms with van der Waals surface area (Å²) in [5.41, 5.74) is 4.36. The van der Waals surface area contributed by atoms with Gasteiger partial charge in [0.05, 0.1) is 36.2 Å². The summed E-state index contributed by atoms with van der Waals surface area (Å²) < 4.78 is 16.0. The molecule has 136 valence electrons. The van der Waals surface area contributed by atoms with Crippen molar-refractivity contribution in [2.24, 2.45) is 0 Å². The first-order valence-corrected chi connectivity index (χ1v) is 8.17. The standard InChI is InChI=1S/C18H19FN4O3/c1-2-12-3-6-16(15(19)9-12)21-17-14(18(25)22-26-8-7-24)5-4-13-10-20-11-23(13)17/h3-6,9-11,21,24H,2,7-8H2,1H3,(H,22,25). The van der Waals surface area contributed by atoms with Crippen molar-refractivity contribution in [1.82, 2.24) is 14.9 Å². The maximum Gasteiger partial charge on any atom is 0.278 e. The summed E-state index contributed by atoms with van der Waals surface area (Å²) in [6, 6.07) is 8.23. The molecule has 0 aliphatic heterocycles. The molecule has 0 saturated carbocycles. The van der Waals surface area contributed by atoms with Gasteiger partial charge in [0.25, 0.3) is 5.91 Å². The van der Waals surface area contributed by atoms with Crippen molar-refractivity contribution in [1.29, 1.82) is 0 Å². The van der Waals surface area contributed by atoms with Gasteiger partial charge in [0.2, 0.25) is 0 Å². The van der Waals surface area contributed by atoms with Gasteiger partial charge in [-0.05, 0) is 36.2 Å². The lowest BCUT2D eigenvalue weighted by atomic mass is 10.1. The number of aryl methyl sites for hydroxylation is 1. The minimum absolute atomic E-state index is 0.0328. The van der Waals surface area contributed by atoms with Crippen LogP contribution in [0, 0.1) is 5.82 Å². The normalized spacial score (nSPS) is 10.9. The maximum absolute atomic E-state index is 14.4. The lowest BCUT2D eigenvalue weighted by molar-refractivity contribution is 0.0168. The predicted octanol–water partition coefficient (Wildman–Crippen LogP) is 2.43. The van der Waals surface area contributed by atoms with Crippen LogP contribution in [0.5, 0.6) is 0 Å². The number of carbonyl (C=O) groups is 1. The molecule has 1 amide bonds. The summed E-state index contributed by atoms with van der Waals surface area (Å²) in [6.45, 7) is 1.69. The number of imidazole rings is 1. The zero-order valence-electron chi connectivity index (χ0n) is 14.2. The molecule has 0 bridgehead atoms. The highest BCUT2D eigenvalue weighted by Gasteiger charge is 2.17. The number of anilines is 2. The van der Waals surface area contributed by atoms with Crippen molar-refractivity contribution in [2.45, 2.75) is 13.3 Å². The third-order valence-corrected chi connectivity index (χ3v) is 3.88. The fraction of sp³-hybridized carbons (Fsp3) is 0.222. The van der Waals surface area contributed by atoms with E-state index in [0.29, 0.717) is 5.82 Å². The van der Waals surface area contributed by atoms with E-state index in [-0.39, 0.29) is 24.5 Å². The molecule has 26 heavy (non-hydrogen) atoms. The van der Waals surface area contributed by atoms with Crippen LogP contribution >= 0.6 is 0 Å². The molecule has 0 radical (unpaired) electrons. The van der Waals surface area contributed by atoms with Crippen LogP contribution < -0.4 is 10.8 Å². The van der Waals surface area contributed by atoms with Gasteiger partial charge in [-0.2, -0.15) is 0 Å². The van der Waals surface area contributed by atoms with Gasteiger partial charge in [0, 0.05) is 0 Å². The number of hydrogen-bond acceptors (Lipinski definition) is 5. The number of aromatic nitrogens is 2. The first-order chi connectivity index (χ1) is 12.6. The Morgan fingerprint density at radius 1 is 1.35 bits per heavy atom. The topological polar surface area (TPSA) is 87.9 Å². The van der Waals surface area contributed by atoms with E-state index >= 15 is 0 Å². The lowest BCUT2D eigenvalue weighted by Gasteiger charge is -2.15. The maximum atomic E-state index is 14.4. The van der Waals surface area contributed by atoms with Crippen LogP contribution in [0.25, 0.3) is 5.52 Å². The average Bonchev–Trinajstić information content (AvgIpc) is 3.12. The average molecular weight is 358 g/mol. The number of benzene rings is 1. The van der Waals surface area contributed by atoms with Crippen LogP contribution in [-0.2, 0) is 11.3 Å². The van der Waals surface area contributed by atoms with Crippen molar-refractivity contribution in [3.63, 3.8) is 0 Å². The van der Waals surface area contributed by atoms with Crippen molar-refractivity contribution < 1.29 is 19.1 Å². The molecule has 0 spiro atoms. The zero-order chi connectivity index (χ0) is 18.5. The molecule has 0 atom stereocenters. The number of rotatable bonds is 7. The smallest absolute Gasteiger partial charge is 0.278 e. The van der Waals surface area contributed by atoms with Gasteiger partial charge in [-0.25, -0.2) is 14.9 Å². The molecule has 7 nitrogen and oxygen atoms in total. The summed E-state index contributed by atoms with van der Waals surface area (Å²) in [5, 5.41) is 11.7. The van der Waals surface area contributed by atoms with E-state index in [9.17, 15) is 9.18 Å². The van der Waals surface area contributed by atoms with Gasteiger partial charge in [-0.1, -0.05) is 13.0 Å². The fourth-order valence-electron chi connectivity index (χ4n) is 2.53. The molecule has 0 unspecified atom stereocenters. The first-order valence-electron chi connectivity index (χ1n) is 8.17. The third kappa shape index (κ3) is 3.66. The molecule has 2 heterocycles. The number of fused-ring (bicyclic) bond motifs is 1. The highest BCUT2D eigenvalue weighted by Crippen LogP contribution is 2.25. The second kappa shape index (κ2) is 7.94. The molecule has 3 rings (SSSR count). The van der Waals surface area contributed by atoms with Crippen LogP contribution in [0.1, 0.15) is 22.8 Å². The van der Waals surface area contributed by atoms with Gasteiger partial charge in [-0.3, -0.25) is 14.0 Å². The molecular weight excluding hydrogens is 339 g/mol. The van der Waals surface area contributed by atoms with Gasteiger partial charge in [0.1, 0.15) is 18.0 Å². The number of amides is 1. The molecule has 0 aliphatic rings. The number of hydrogen-bond donors (Lipinski definition) is 3. The Kier molecular flexibility index (Phi) is 5.45. The molecule has 3 N–H and O–H groups in total. The second-order valence-corrected chi connectivity index (χ2v) is 5.58. The highest BCUT2D eigenvalue weighted by molar-refractivity contribution is 5.99. The Labute approximate surface area is 149 Å². The van der Waals surface area contributed by atoms with Crippen LogP contribution in [0.15, 0.2) is 42.9 Å². The van der Waals surface area contributed by atoms with Crippen molar-refractivity contribution in [3.05, 3.63) is 59.8 Å². The summed E-state index contributed by atoms with van der Waals surface area (Å²) in [4.78, 5) is 21.3. The Bertz CT molecular complexity index is 926. The summed E-state index contributed by atoms with van der Waals surface area (Å²) >= 11 is 0. The third-order valence-electron chi connectivity index (χ3n) is 3.88. The van der Waals surface area contributed by atoms with Gasteiger partial charge in [-0.15, -0.1) is 0 Å². The monoisotopic (exact) mass is 358 g/mol. The van der Waals surface area contributed by atoms with E-state index in [1.807, 2.05) is 13.0 Å². The molecule has 1 aromatic carbocycles. The van der Waals surface area contributed by atoms with Crippen LogP contribution in [0.2, 0.25) is 0 Å². The van der Waals surface area contributed by atoms with E-state index < -0.39 is 11.7 Å². The van der Waals surface area contributed by atoms with E-state index in [0.717, 1.165) is 17.5 Å². The van der Waals surface area contributed by atoms with Crippen molar-refractivity contribution in [2.75, 3.05) is 18.5 Å². The van der Waals surface area contributed by atoms with E-state index in [2.05, 4.69) is 15.8 Å². The Balaban J connectivity index is 1.98. The van der Waals surface area contributed by atoms with Gasteiger partial charge >= 0.3 is 0 Å². The number of nitrogens with one attached hydrogen (secondary N) is 2. The number of pyridine rings is 1. The fourth-order valence-corrected chi connectivity index (χ4v) is 2.53. The number of halogens is 1. The van der Waals surface area contributed by atoms with E-state index in [1.54, 1.807) is 28.8 Å². The first kappa shape index (κ1) is 17.8. The molecule has 2 aromatic heterocycles. The molecule has 0 aliphatic carbocycles. The minimum atomic E-state index is -0.526. The summed E-state index contributed by atoms with van der Waals surface area (Å²) in [6.07, 6.45) is 3.89. The number of nitrogens with zero attached hydrogens (tertiary/aromatic N) is 2. The van der Waals surface area contributed by atoms with Crippen LogP contribution in [-0.4, -0.2) is 33.6 Å². The van der Waals surface area contributed by atoms with Crippen LogP contribution in [0.3, 0.4) is 0 Å². The molecule has 8 heteroatoms. The quantitative estimate of drug-likeness (QED) is 0.446. The number of aliphatic hydroxyl groups is 1. The molecular formula is C18H19FN4O3. The largest absolute Gasteiger partial charge is 0.394 e. The number of hydroxylamine groups is 1. The van der Waals surface area contributed by atoms with E-state index in [4.69, 9.17) is 9.94 Å². The lowest BCUT2D eigenvalue weighted by Crippen LogP contribution is -2.26. The van der Waals surface area contributed by atoms with Crippen LogP contribution in [0.4, 0.5) is 15.9 Å². The Morgan fingerprint density at radius 2 is 2.19 bits per heavy atom. The zero-order valence-corrected chi connectivity index (χ0v) is 14.2. The van der Waals surface area contributed by atoms with Gasteiger partial charge in [0.15, 0.2) is 0 Å². The highest BCUT2D eigenvalue weighted by atomic mass is 19.1. The van der Waals surface area contributed by atoms with E-state index in [1.165, 1.54) is 12.4 Å². The van der Waals surface area contributed by atoms with Crippen molar-refractivity contribution in [3.8, 4) is 0 Å². The number of carbonyl (C=O) groups excluding carboxylic acids is 1. The summed E-state index contributed by atoms with van der Waals surface area (Å²) in [5.74, 6) is -0.584. The molecule has 0 saturated heterocycles. The molecule has 3 aromatic rings. The second-order valence-electron chi connectivity index (χ2n) is 5.58. The minimum Gasteiger partial charge on any atom is -0.394 e. The van der Waals surface area contributed by atoms with Crippen molar-refractivity contribution >= 4 is 22.9 Å². The SMILES string of the molecule is CCc1ccc(Nc2c(C(=O)NOCCO)ccc3cncn23)c(F)c1. The molecule has 0 fully saturated rings. The van der Waals surface area contributed by atoms with Gasteiger partial charge < -0.3 is 10.4 Å². The predicted molar refractivity (Wildman–Crippen MR) is 94.8 cm³/mol. The Hall–Kier alpha value is -2.97.